The van der Waals surface area contributed by atoms with E-state index in [0.717, 1.165) is 12.1 Å². The second-order valence-corrected chi connectivity index (χ2v) is 8.22. The predicted octanol–water partition coefficient (Wildman–Crippen LogP) is 4.36. The molecule has 3 aromatic carbocycles. The third-order valence-corrected chi connectivity index (χ3v) is 5.95. The normalized spacial score (nSPS) is 11.1. The Morgan fingerprint density at radius 3 is 2.25 bits per heavy atom. The SMILES string of the molecule is O=C(CNc1ccccc1S(=O)(=O)c1ccc(F)cc1)Nc1ccc(Cl)cc1. The lowest BCUT2D eigenvalue weighted by Gasteiger charge is -2.13. The summed E-state index contributed by atoms with van der Waals surface area (Å²) in [5.41, 5.74) is 0.849. The fraction of sp³-hybridized carbons (Fsp3) is 0.0500. The van der Waals surface area contributed by atoms with E-state index in [4.69, 9.17) is 11.6 Å². The van der Waals surface area contributed by atoms with Crippen LogP contribution in [0.2, 0.25) is 5.02 Å². The highest BCUT2D eigenvalue weighted by atomic mass is 35.5. The topological polar surface area (TPSA) is 75.3 Å². The Labute approximate surface area is 167 Å². The Balaban J connectivity index is 1.76. The minimum atomic E-state index is -3.87. The smallest absolute Gasteiger partial charge is 0.243 e. The molecule has 0 aliphatic carbocycles. The fourth-order valence-corrected chi connectivity index (χ4v) is 4.06. The van der Waals surface area contributed by atoms with E-state index in [1.165, 1.54) is 18.2 Å². The van der Waals surface area contributed by atoms with Gasteiger partial charge in [-0.2, -0.15) is 0 Å². The van der Waals surface area contributed by atoms with E-state index in [0.29, 0.717) is 10.7 Å². The zero-order valence-electron chi connectivity index (χ0n) is 14.5. The van der Waals surface area contributed by atoms with E-state index in [1.807, 2.05) is 0 Å². The molecule has 0 radical (unpaired) electrons. The van der Waals surface area contributed by atoms with Crippen LogP contribution in [0, 0.1) is 5.82 Å². The van der Waals surface area contributed by atoms with Crippen LogP contribution in [0.3, 0.4) is 0 Å². The van der Waals surface area contributed by atoms with Crippen LogP contribution in [0.15, 0.2) is 82.6 Å². The molecule has 0 unspecified atom stereocenters. The highest BCUT2D eigenvalue weighted by Gasteiger charge is 2.21. The van der Waals surface area contributed by atoms with Gasteiger partial charge >= 0.3 is 0 Å². The third kappa shape index (κ3) is 4.68. The number of benzene rings is 3. The highest BCUT2D eigenvalue weighted by molar-refractivity contribution is 7.91. The van der Waals surface area contributed by atoms with Gasteiger partial charge in [-0.15, -0.1) is 0 Å². The number of carbonyl (C=O) groups is 1. The maximum Gasteiger partial charge on any atom is 0.243 e. The van der Waals surface area contributed by atoms with Crippen molar-refractivity contribution in [1.29, 1.82) is 0 Å². The van der Waals surface area contributed by atoms with Crippen LogP contribution < -0.4 is 10.6 Å². The molecular formula is C20H16ClFN2O3S. The number of carbonyl (C=O) groups excluding carboxylic acids is 1. The van der Waals surface area contributed by atoms with Crippen molar-refractivity contribution in [3.63, 3.8) is 0 Å². The first-order chi connectivity index (χ1) is 13.4. The number of rotatable bonds is 6. The van der Waals surface area contributed by atoms with Crippen LogP contribution in [-0.2, 0) is 14.6 Å². The molecule has 144 valence electrons. The van der Waals surface area contributed by atoms with Gasteiger partial charge in [-0.25, -0.2) is 12.8 Å². The van der Waals surface area contributed by atoms with Crippen molar-refractivity contribution in [1.82, 2.24) is 0 Å². The van der Waals surface area contributed by atoms with Gasteiger partial charge in [0.15, 0.2) is 0 Å². The molecule has 0 aliphatic rings. The maximum absolute atomic E-state index is 13.1. The fourth-order valence-electron chi connectivity index (χ4n) is 2.50. The molecular weight excluding hydrogens is 403 g/mol. The number of hydrogen-bond acceptors (Lipinski definition) is 4. The maximum atomic E-state index is 13.1. The summed E-state index contributed by atoms with van der Waals surface area (Å²) in [6.45, 7) is -0.140. The number of sulfone groups is 1. The molecule has 0 bridgehead atoms. The molecule has 0 heterocycles. The van der Waals surface area contributed by atoms with Gasteiger partial charge in [0.2, 0.25) is 15.7 Å². The van der Waals surface area contributed by atoms with Crippen molar-refractivity contribution < 1.29 is 17.6 Å². The zero-order chi connectivity index (χ0) is 20.1. The Morgan fingerprint density at radius 2 is 1.57 bits per heavy atom. The minimum Gasteiger partial charge on any atom is -0.375 e. The van der Waals surface area contributed by atoms with Crippen LogP contribution >= 0.6 is 11.6 Å². The molecule has 0 atom stereocenters. The second-order valence-electron chi connectivity index (χ2n) is 5.86. The Bertz CT molecular complexity index is 1090. The molecule has 8 heteroatoms. The molecule has 5 nitrogen and oxygen atoms in total. The van der Waals surface area contributed by atoms with E-state index in [1.54, 1.807) is 42.5 Å². The van der Waals surface area contributed by atoms with Crippen LogP contribution in [0.5, 0.6) is 0 Å². The summed E-state index contributed by atoms with van der Waals surface area (Å²) in [7, 11) is -3.87. The lowest BCUT2D eigenvalue weighted by Crippen LogP contribution is -2.22. The van der Waals surface area contributed by atoms with Crippen LogP contribution in [0.1, 0.15) is 0 Å². The first kappa shape index (κ1) is 19.9. The van der Waals surface area contributed by atoms with Crippen LogP contribution in [0.4, 0.5) is 15.8 Å². The number of hydrogen-bond donors (Lipinski definition) is 2. The summed E-state index contributed by atoms with van der Waals surface area (Å²) in [5, 5.41) is 6.08. The zero-order valence-corrected chi connectivity index (χ0v) is 16.1. The van der Waals surface area contributed by atoms with Crippen LogP contribution in [0.25, 0.3) is 0 Å². The first-order valence-corrected chi connectivity index (χ1v) is 10.1. The van der Waals surface area contributed by atoms with E-state index in [-0.39, 0.29) is 27.9 Å². The van der Waals surface area contributed by atoms with Crippen molar-refractivity contribution in [3.8, 4) is 0 Å². The van der Waals surface area contributed by atoms with Gasteiger partial charge in [0.1, 0.15) is 5.82 Å². The number of halogens is 2. The number of anilines is 2. The summed E-state index contributed by atoms with van der Waals surface area (Å²) in [5.74, 6) is -0.875. The summed E-state index contributed by atoms with van der Waals surface area (Å²) < 4.78 is 38.8. The summed E-state index contributed by atoms with van der Waals surface area (Å²) >= 11 is 5.81. The largest absolute Gasteiger partial charge is 0.375 e. The predicted molar refractivity (Wildman–Crippen MR) is 107 cm³/mol. The number of nitrogens with one attached hydrogen (secondary N) is 2. The van der Waals surface area contributed by atoms with E-state index in [9.17, 15) is 17.6 Å². The summed E-state index contributed by atoms with van der Waals surface area (Å²) in [6.07, 6.45) is 0. The van der Waals surface area contributed by atoms with Crippen molar-refractivity contribution in [2.24, 2.45) is 0 Å². The monoisotopic (exact) mass is 418 g/mol. The molecule has 0 fully saturated rings. The number of para-hydroxylation sites is 1. The van der Waals surface area contributed by atoms with Crippen molar-refractivity contribution in [3.05, 3.63) is 83.6 Å². The van der Waals surface area contributed by atoms with Crippen molar-refractivity contribution in [2.75, 3.05) is 17.2 Å². The molecule has 0 saturated heterocycles. The molecule has 3 aromatic rings. The van der Waals surface area contributed by atoms with Gasteiger partial charge in [-0.1, -0.05) is 23.7 Å². The van der Waals surface area contributed by atoms with Gasteiger partial charge in [0.05, 0.1) is 22.0 Å². The molecule has 0 aromatic heterocycles. The summed E-state index contributed by atoms with van der Waals surface area (Å²) in [6, 6.07) is 17.4. The molecule has 2 N–H and O–H groups in total. The van der Waals surface area contributed by atoms with Gasteiger partial charge in [-0.3, -0.25) is 4.79 Å². The Morgan fingerprint density at radius 1 is 0.929 bits per heavy atom. The quantitative estimate of drug-likeness (QED) is 0.583. The standard InChI is InChI=1S/C20H16ClFN2O3S/c21-14-5-9-16(10-6-14)24-20(25)13-23-18-3-1-2-4-19(18)28(26,27)17-11-7-15(22)8-12-17/h1-12,23H,13H2,(H,24,25). The van der Waals surface area contributed by atoms with E-state index in [2.05, 4.69) is 10.6 Å². The van der Waals surface area contributed by atoms with E-state index < -0.39 is 15.7 Å². The molecule has 28 heavy (non-hydrogen) atoms. The van der Waals surface area contributed by atoms with Crippen LogP contribution in [-0.4, -0.2) is 20.9 Å². The average molecular weight is 419 g/mol. The van der Waals surface area contributed by atoms with Gasteiger partial charge in [-0.05, 0) is 60.7 Å². The second kappa shape index (κ2) is 8.41. The third-order valence-electron chi connectivity index (χ3n) is 3.87. The van der Waals surface area contributed by atoms with Gasteiger partial charge in [0, 0.05) is 10.7 Å². The Hall–Kier alpha value is -2.90. The van der Waals surface area contributed by atoms with Gasteiger partial charge in [0.25, 0.3) is 0 Å². The minimum absolute atomic E-state index is 0.000834. The molecule has 0 saturated carbocycles. The number of amides is 1. The lowest BCUT2D eigenvalue weighted by atomic mass is 10.3. The highest BCUT2D eigenvalue weighted by Crippen LogP contribution is 2.27. The average Bonchev–Trinajstić information content (AvgIpc) is 2.69. The molecule has 3 rings (SSSR count). The van der Waals surface area contributed by atoms with E-state index >= 15 is 0 Å². The Kier molecular flexibility index (Phi) is 5.96. The van der Waals surface area contributed by atoms with Crippen molar-refractivity contribution in [2.45, 2.75) is 9.79 Å². The molecule has 0 spiro atoms. The summed E-state index contributed by atoms with van der Waals surface area (Å²) in [4.78, 5) is 12.1. The lowest BCUT2D eigenvalue weighted by molar-refractivity contribution is -0.114. The van der Waals surface area contributed by atoms with Gasteiger partial charge < -0.3 is 10.6 Å². The van der Waals surface area contributed by atoms with Crippen molar-refractivity contribution >= 4 is 38.7 Å². The molecule has 0 aliphatic heterocycles. The molecule has 1 amide bonds. The first-order valence-electron chi connectivity index (χ1n) is 8.25.